The van der Waals surface area contributed by atoms with E-state index in [1.807, 2.05) is 18.2 Å². The van der Waals surface area contributed by atoms with Crippen LogP contribution >= 0.6 is 0 Å². The van der Waals surface area contributed by atoms with Gasteiger partial charge in [0.1, 0.15) is 5.82 Å². The Balaban J connectivity index is 1.48. The number of hydrogen-bond donors (Lipinski definition) is 1. The van der Waals surface area contributed by atoms with Gasteiger partial charge in [-0.3, -0.25) is 4.79 Å². The van der Waals surface area contributed by atoms with Crippen molar-refractivity contribution < 1.29 is 17.6 Å². The van der Waals surface area contributed by atoms with Crippen molar-refractivity contribution in [2.45, 2.75) is 18.6 Å². The van der Waals surface area contributed by atoms with Gasteiger partial charge in [-0.1, -0.05) is 42.5 Å². The summed E-state index contributed by atoms with van der Waals surface area (Å²) in [5.74, 6) is -0.701. The summed E-state index contributed by atoms with van der Waals surface area (Å²) < 4.78 is 40.9. The molecule has 0 aromatic heterocycles. The van der Waals surface area contributed by atoms with Crippen molar-refractivity contribution >= 4 is 15.9 Å². The van der Waals surface area contributed by atoms with E-state index in [1.54, 1.807) is 29.2 Å². The third-order valence-electron chi connectivity index (χ3n) is 4.80. The van der Waals surface area contributed by atoms with Crippen molar-refractivity contribution in [1.82, 2.24) is 9.62 Å². The lowest BCUT2D eigenvalue weighted by molar-refractivity contribution is 0.0687. The van der Waals surface area contributed by atoms with Gasteiger partial charge in [0, 0.05) is 19.6 Å². The molecule has 1 aliphatic rings. The van der Waals surface area contributed by atoms with E-state index >= 15 is 0 Å². The molecule has 0 bridgehead atoms. The standard InChI is InChI=1S/C20H23FN2O3S/c21-19-9-5-4-8-18(19)20(24)23-12-10-16(11-13-23)14-22-27(25,26)15-17-6-2-1-3-7-17/h1-9,16,22H,10-15H2. The van der Waals surface area contributed by atoms with Gasteiger partial charge in [0.2, 0.25) is 10.0 Å². The predicted octanol–water partition coefficient (Wildman–Crippen LogP) is 2.80. The molecule has 3 rings (SSSR count). The van der Waals surface area contributed by atoms with Gasteiger partial charge in [-0.15, -0.1) is 0 Å². The van der Waals surface area contributed by atoms with Crippen LogP contribution in [0.3, 0.4) is 0 Å². The quantitative estimate of drug-likeness (QED) is 0.825. The maximum Gasteiger partial charge on any atom is 0.256 e. The van der Waals surface area contributed by atoms with E-state index in [9.17, 15) is 17.6 Å². The lowest BCUT2D eigenvalue weighted by Crippen LogP contribution is -2.41. The summed E-state index contributed by atoms with van der Waals surface area (Å²) in [4.78, 5) is 14.1. The van der Waals surface area contributed by atoms with E-state index in [2.05, 4.69) is 4.72 Å². The topological polar surface area (TPSA) is 66.5 Å². The average molecular weight is 390 g/mol. The molecule has 0 saturated carbocycles. The van der Waals surface area contributed by atoms with Gasteiger partial charge >= 0.3 is 0 Å². The number of sulfonamides is 1. The summed E-state index contributed by atoms with van der Waals surface area (Å²) in [6.07, 6.45) is 1.38. The number of carbonyl (C=O) groups excluding carboxylic acids is 1. The van der Waals surface area contributed by atoms with Crippen molar-refractivity contribution in [3.05, 3.63) is 71.5 Å². The van der Waals surface area contributed by atoms with Crippen LogP contribution in [0.25, 0.3) is 0 Å². The maximum absolute atomic E-state index is 13.8. The molecule has 27 heavy (non-hydrogen) atoms. The van der Waals surface area contributed by atoms with Gasteiger partial charge in [-0.2, -0.15) is 0 Å². The van der Waals surface area contributed by atoms with Crippen molar-refractivity contribution in [2.24, 2.45) is 5.92 Å². The monoisotopic (exact) mass is 390 g/mol. The molecule has 1 N–H and O–H groups in total. The lowest BCUT2D eigenvalue weighted by Gasteiger charge is -2.32. The van der Waals surface area contributed by atoms with Crippen molar-refractivity contribution in [3.63, 3.8) is 0 Å². The molecule has 0 spiro atoms. The summed E-state index contributed by atoms with van der Waals surface area (Å²) >= 11 is 0. The number of nitrogens with one attached hydrogen (secondary N) is 1. The Kier molecular flexibility index (Phi) is 6.23. The van der Waals surface area contributed by atoms with Crippen LogP contribution in [0.5, 0.6) is 0 Å². The summed E-state index contributed by atoms with van der Waals surface area (Å²) in [5, 5.41) is 0. The second-order valence-electron chi connectivity index (χ2n) is 6.81. The largest absolute Gasteiger partial charge is 0.339 e. The first-order chi connectivity index (χ1) is 12.9. The van der Waals surface area contributed by atoms with Crippen LogP contribution in [0.1, 0.15) is 28.8 Å². The average Bonchev–Trinajstić information content (AvgIpc) is 2.67. The lowest BCUT2D eigenvalue weighted by atomic mass is 9.96. The molecule has 2 aromatic carbocycles. The van der Waals surface area contributed by atoms with E-state index in [-0.39, 0.29) is 23.1 Å². The van der Waals surface area contributed by atoms with Crippen molar-refractivity contribution in [3.8, 4) is 0 Å². The SMILES string of the molecule is O=C(c1ccccc1F)N1CCC(CNS(=O)(=O)Cc2ccccc2)CC1. The summed E-state index contributed by atoms with van der Waals surface area (Å²) in [6, 6.07) is 15.0. The van der Waals surface area contributed by atoms with Crippen molar-refractivity contribution in [2.75, 3.05) is 19.6 Å². The number of amides is 1. The molecule has 1 aliphatic heterocycles. The zero-order chi connectivity index (χ0) is 19.3. The van der Waals surface area contributed by atoms with E-state index in [0.717, 1.165) is 5.56 Å². The van der Waals surface area contributed by atoms with Crippen LogP contribution in [0, 0.1) is 11.7 Å². The number of piperidine rings is 1. The molecule has 5 nitrogen and oxygen atoms in total. The molecule has 0 atom stereocenters. The van der Waals surface area contributed by atoms with Crippen LogP contribution in [-0.4, -0.2) is 38.9 Å². The highest BCUT2D eigenvalue weighted by molar-refractivity contribution is 7.88. The molecule has 0 radical (unpaired) electrons. The highest BCUT2D eigenvalue weighted by atomic mass is 32.2. The Hall–Kier alpha value is -2.25. The highest BCUT2D eigenvalue weighted by Gasteiger charge is 2.26. The molecule has 1 fully saturated rings. The molecule has 1 saturated heterocycles. The van der Waals surface area contributed by atoms with E-state index in [4.69, 9.17) is 0 Å². The molecule has 1 amide bonds. The third-order valence-corrected chi connectivity index (χ3v) is 6.12. The number of benzene rings is 2. The maximum atomic E-state index is 13.8. The Morgan fingerprint density at radius 1 is 1.04 bits per heavy atom. The first-order valence-corrected chi connectivity index (χ1v) is 10.6. The fourth-order valence-corrected chi connectivity index (χ4v) is 4.46. The molecular formula is C20H23FN2O3S. The molecule has 1 heterocycles. The number of rotatable bonds is 6. The second-order valence-corrected chi connectivity index (χ2v) is 8.62. The zero-order valence-electron chi connectivity index (χ0n) is 15.0. The molecule has 7 heteroatoms. The van der Waals surface area contributed by atoms with Gasteiger partial charge in [-0.25, -0.2) is 17.5 Å². The molecular weight excluding hydrogens is 367 g/mol. The Morgan fingerprint density at radius 2 is 1.67 bits per heavy atom. The first kappa shape index (κ1) is 19.5. The van der Waals surface area contributed by atoms with Crippen LogP contribution in [0.2, 0.25) is 0 Å². The third kappa shape index (κ3) is 5.37. The minimum Gasteiger partial charge on any atom is -0.339 e. The summed E-state index contributed by atoms with van der Waals surface area (Å²) in [5.41, 5.74) is 0.829. The van der Waals surface area contributed by atoms with Gasteiger partial charge < -0.3 is 4.90 Å². The number of halogens is 1. The number of nitrogens with zero attached hydrogens (tertiary/aromatic N) is 1. The number of carbonyl (C=O) groups is 1. The van der Waals surface area contributed by atoms with Crippen molar-refractivity contribution in [1.29, 1.82) is 0 Å². The summed E-state index contributed by atoms with van der Waals surface area (Å²) in [7, 11) is -3.39. The van der Waals surface area contributed by atoms with Crippen LogP contribution < -0.4 is 4.72 Å². The fraction of sp³-hybridized carbons (Fsp3) is 0.350. The summed E-state index contributed by atoms with van der Waals surface area (Å²) in [6.45, 7) is 1.35. The molecule has 0 unspecified atom stereocenters. The Bertz CT molecular complexity index is 879. The molecule has 2 aromatic rings. The minimum absolute atomic E-state index is 0.0432. The van der Waals surface area contributed by atoms with E-state index in [0.29, 0.717) is 32.5 Å². The van der Waals surface area contributed by atoms with Crippen LogP contribution in [-0.2, 0) is 15.8 Å². The number of hydrogen-bond acceptors (Lipinski definition) is 3. The first-order valence-electron chi connectivity index (χ1n) is 9.00. The van der Waals surface area contributed by atoms with E-state index in [1.165, 1.54) is 12.1 Å². The van der Waals surface area contributed by atoms with E-state index < -0.39 is 15.8 Å². The smallest absolute Gasteiger partial charge is 0.256 e. The van der Waals surface area contributed by atoms with Crippen LogP contribution in [0.15, 0.2) is 54.6 Å². The highest BCUT2D eigenvalue weighted by Crippen LogP contribution is 2.20. The van der Waals surface area contributed by atoms with Gasteiger partial charge in [0.15, 0.2) is 0 Å². The Labute approximate surface area is 159 Å². The van der Waals surface area contributed by atoms with Crippen LogP contribution in [0.4, 0.5) is 4.39 Å². The predicted molar refractivity (Wildman–Crippen MR) is 102 cm³/mol. The number of likely N-dealkylation sites (tertiary alicyclic amines) is 1. The second kappa shape index (κ2) is 8.63. The van der Waals surface area contributed by atoms with Gasteiger partial charge in [-0.05, 0) is 36.5 Å². The minimum atomic E-state index is -3.39. The molecule has 144 valence electrons. The normalized spacial score (nSPS) is 15.7. The Morgan fingerprint density at radius 3 is 2.33 bits per heavy atom. The fourth-order valence-electron chi connectivity index (χ4n) is 3.23. The van der Waals surface area contributed by atoms with Gasteiger partial charge in [0.25, 0.3) is 5.91 Å². The molecule has 0 aliphatic carbocycles. The zero-order valence-corrected chi connectivity index (χ0v) is 15.8. The van der Waals surface area contributed by atoms with Gasteiger partial charge in [0.05, 0.1) is 11.3 Å².